The topological polar surface area (TPSA) is 107 Å². The van der Waals surface area contributed by atoms with E-state index in [1.165, 1.54) is 31.5 Å². The van der Waals surface area contributed by atoms with Crippen molar-refractivity contribution in [2.75, 3.05) is 12.4 Å². The quantitative estimate of drug-likeness (QED) is 0.269. The van der Waals surface area contributed by atoms with Gasteiger partial charge in [-0.3, -0.25) is 15.1 Å². The zero-order valence-electron chi connectivity index (χ0n) is 16.1. The lowest BCUT2D eigenvalue weighted by molar-refractivity contribution is -0.384. The van der Waals surface area contributed by atoms with Gasteiger partial charge in [-0.1, -0.05) is 24.3 Å². The van der Waals surface area contributed by atoms with E-state index in [9.17, 15) is 14.9 Å². The predicted octanol–water partition coefficient (Wildman–Crippen LogP) is 4.49. The smallest absolute Gasteiger partial charge is 0.330 e. The van der Waals surface area contributed by atoms with Crippen molar-refractivity contribution in [1.82, 2.24) is 9.97 Å². The Morgan fingerprint density at radius 2 is 1.83 bits per heavy atom. The average Bonchev–Trinajstić information content (AvgIpc) is 2.77. The summed E-state index contributed by atoms with van der Waals surface area (Å²) in [6, 6.07) is 12.2. The normalized spacial score (nSPS) is 11.0. The molecule has 0 radical (unpaired) electrons. The van der Waals surface area contributed by atoms with Gasteiger partial charge < -0.3 is 10.1 Å². The number of hydrogen-bond acceptors (Lipinski definition) is 7. The molecule has 2 aromatic heterocycles. The maximum Gasteiger partial charge on any atom is 0.330 e. The Bertz CT molecular complexity index is 1130. The minimum absolute atomic E-state index is 0.0960. The number of hydrogen-bond donors (Lipinski definition) is 1. The van der Waals surface area contributed by atoms with Crippen molar-refractivity contribution in [2.24, 2.45) is 0 Å². The fourth-order valence-corrected chi connectivity index (χ4v) is 2.58. The summed E-state index contributed by atoms with van der Waals surface area (Å²) < 4.78 is 4.57. The van der Waals surface area contributed by atoms with Crippen LogP contribution in [0, 0.1) is 10.1 Å². The minimum atomic E-state index is -0.478. The highest BCUT2D eigenvalue weighted by Gasteiger charge is 2.13. The molecule has 0 spiro atoms. The summed E-state index contributed by atoms with van der Waals surface area (Å²) in [5.74, 6) is -0.258. The Kier molecular flexibility index (Phi) is 6.63. The molecule has 0 fully saturated rings. The number of esters is 1. The molecule has 150 valence electrons. The second-order valence-electron chi connectivity index (χ2n) is 6.12. The molecule has 0 bridgehead atoms. The second kappa shape index (κ2) is 9.74. The molecule has 0 aliphatic heterocycles. The molecule has 0 unspecified atom stereocenters. The van der Waals surface area contributed by atoms with Crippen LogP contribution >= 0.6 is 0 Å². The number of ether oxygens (including phenoxy) is 1. The van der Waals surface area contributed by atoms with Crippen LogP contribution in [0.25, 0.3) is 18.2 Å². The first-order valence-corrected chi connectivity index (χ1v) is 8.91. The number of nitrogens with one attached hydrogen (secondary N) is 1. The van der Waals surface area contributed by atoms with Crippen molar-refractivity contribution in [3.05, 3.63) is 93.9 Å². The zero-order chi connectivity index (χ0) is 21.3. The van der Waals surface area contributed by atoms with Gasteiger partial charge in [0.2, 0.25) is 5.82 Å². The monoisotopic (exact) mass is 402 g/mol. The van der Waals surface area contributed by atoms with Crippen molar-refractivity contribution in [3.8, 4) is 0 Å². The first kappa shape index (κ1) is 20.4. The summed E-state index contributed by atoms with van der Waals surface area (Å²) in [7, 11) is 1.32. The molecule has 1 N–H and O–H groups in total. The summed E-state index contributed by atoms with van der Waals surface area (Å²) in [6.07, 6.45) is 11.6. The molecule has 1 aromatic carbocycles. The van der Waals surface area contributed by atoms with Crippen LogP contribution in [-0.2, 0) is 9.53 Å². The summed E-state index contributed by atoms with van der Waals surface area (Å²) in [5.41, 5.74) is 3.07. The minimum Gasteiger partial charge on any atom is -0.466 e. The molecule has 0 saturated heterocycles. The lowest BCUT2D eigenvalue weighted by Gasteiger charge is -2.06. The van der Waals surface area contributed by atoms with Crippen molar-refractivity contribution >= 4 is 41.4 Å². The molecule has 2 heterocycles. The van der Waals surface area contributed by atoms with E-state index < -0.39 is 10.9 Å². The Morgan fingerprint density at radius 1 is 1.07 bits per heavy atom. The van der Waals surface area contributed by atoms with Gasteiger partial charge in [0, 0.05) is 36.4 Å². The highest BCUT2D eigenvalue weighted by Crippen LogP contribution is 2.25. The number of nitrogens with zero attached hydrogens (tertiary/aromatic N) is 3. The molecule has 0 aliphatic rings. The van der Waals surface area contributed by atoms with Crippen LogP contribution in [0.15, 0.2) is 67.1 Å². The molecule has 3 aromatic rings. The fraction of sp³-hybridized carbons (Fsp3) is 0.0455. The maximum atomic E-state index is 11.2. The highest BCUT2D eigenvalue weighted by molar-refractivity contribution is 5.87. The van der Waals surface area contributed by atoms with Gasteiger partial charge in [-0.05, 0) is 47.0 Å². The third-order valence-corrected chi connectivity index (χ3v) is 3.99. The number of pyridine rings is 2. The van der Waals surface area contributed by atoms with Gasteiger partial charge in [0.1, 0.15) is 0 Å². The third-order valence-electron chi connectivity index (χ3n) is 3.99. The van der Waals surface area contributed by atoms with Gasteiger partial charge in [-0.25, -0.2) is 9.78 Å². The first-order chi connectivity index (χ1) is 14.5. The van der Waals surface area contributed by atoms with Gasteiger partial charge in [0.15, 0.2) is 0 Å². The summed E-state index contributed by atoms with van der Waals surface area (Å²) >= 11 is 0. The molecular weight excluding hydrogens is 384 g/mol. The van der Waals surface area contributed by atoms with Crippen molar-refractivity contribution in [1.29, 1.82) is 0 Å². The van der Waals surface area contributed by atoms with Gasteiger partial charge >= 0.3 is 11.7 Å². The number of rotatable bonds is 7. The summed E-state index contributed by atoms with van der Waals surface area (Å²) in [5, 5.41) is 14.1. The molecule has 0 aliphatic carbocycles. The van der Waals surface area contributed by atoms with Crippen LogP contribution in [0.5, 0.6) is 0 Å². The molecule has 8 heteroatoms. The number of aromatic nitrogens is 2. The molecule has 8 nitrogen and oxygen atoms in total. The maximum absolute atomic E-state index is 11.2. The number of benzene rings is 1. The van der Waals surface area contributed by atoms with Crippen LogP contribution < -0.4 is 5.32 Å². The Hall–Kier alpha value is -4.33. The lowest BCUT2D eigenvalue weighted by Crippen LogP contribution is -1.99. The van der Waals surface area contributed by atoms with Crippen molar-refractivity contribution < 1.29 is 14.5 Å². The van der Waals surface area contributed by atoms with E-state index in [0.717, 1.165) is 16.7 Å². The molecule has 0 amide bonds. The standard InChI is InChI=1S/C22H18N4O4/c1-30-21(27)10-9-18-12-17(14-23-15-18)8-7-16-4-2-5-19(13-16)25-22-20(26(28)29)6-3-11-24-22/h2-15H,1H3,(H,24,25)/b8-7+,10-9+. The first-order valence-electron chi connectivity index (χ1n) is 8.91. The van der Waals surface area contributed by atoms with E-state index in [1.807, 2.05) is 36.4 Å². The van der Waals surface area contributed by atoms with E-state index in [0.29, 0.717) is 5.69 Å². The Labute approximate surface area is 172 Å². The van der Waals surface area contributed by atoms with Crippen LogP contribution in [0.4, 0.5) is 17.2 Å². The number of nitro groups is 1. The molecule has 3 rings (SSSR count). The zero-order valence-corrected chi connectivity index (χ0v) is 16.1. The molecule has 30 heavy (non-hydrogen) atoms. The third kappa shape index (κ3) is 5.59. The van der Waals surface area contributed by atoms with E-state index in [1.54, 1.807) is 24.5 Å². The van der Waals surface area contributed by atoms with Gasteiger partial charge in [-0.15, -0.1) is 0 Å². The predicted molar refractivity (Wildman–Crippen MR) is 115 cm³/mol. The average molecular weight is 402 g/mol. The van der Waals surface area contributed by atoms with E-state index in [-0.39, 0.29) is 11.5 Å². The summed E-state index contributed by atoms with van der Waals surface area (Å²) in [4.78, 5) is 30.1. The Morgan fingerprint density at radius 3 is 2.60 bits per heavy atom. The van der Waals surface area contributed by atoms with Gasteiger partial charge in [0.05, 0.1) is 12.0 Å². The van der Waals surface area contributed by atoms with Crippen LogP contribution in [0.1, 0.15) is 16.7 Å². The van der Waals surface area contributed by atoms with E-state index in [4.69, 9.17) is 0 Å². The van der Waals surface area contributed by atoms with E-state index >= 15 is 0 Å². The number of carbonyl (C=O) groups is 1. The molecule has 0 atom stereocenters. The van der Waals surface area contributed by atoms with Crippen LogP contribution in [-0.4, -0.2) is 28.0 Å². The van der Waals surface area contributed by atoms with Crippen molar-refractivity contribution in [2.45, 2.75) is 0 Å². The SMILES string of the molecule is COC(=O)/C=C/c1cncc(/C=C/c2cccc(Nc3ncccc3[N+](=O)[O-])c2)c1. The largest absolute Gasteiger partial charge is 0.466 e. The number of carbonyl (C=O) groups excluding carboxylic acids is 1. The highest BCUT2D eigenvalue weighted by atomic mass is 16.6. The molecule has 0 saturated carbocycles. The Balaban J connectivity index is 1.76. The second-order valence-corrected chi connectivity index (χ2v) is 6.12. The fourth-order valence-electron chi connectivity index (χ4n) is 2.58. The van der Waals surface area contributed by atoms with Gasteiger partial charge in [-0.2, -0.15) is 0 Å². The van der Waals surface area contributed by atoms with Gasteiger partial charge in [0.25, 0.3) is 0 Å². The lowest BCUT2D eigenvalue weighted by atomic mass is 10.1. The van der Waals surface area contributed by atoms with Crippen LogP contribution in [0.2, 0.25) is 0 Å². The van der Waals surface area contributed by atoms with E-state index in [2.05, 4.69) is 20.0 Å². The number of anilines is 2. The van der Waals surface area contributed by atoms with Crippen LogP contribution in [0.3, 0.4) is 0 Å². The number of methoxy groups -OCH3 is 1. The summed E-state index contributed by atoms with van der Waals surface area (Å²) in [6.45, 7) is 0. The molecular formula is C22H18N4O4. The van der Waals surface area contributed by atoms with Crippen molar-refractivity contribution in [3.63, 3.8) is 0 Å².